The quantitative estimate of drug-likeness (QED) is 0.531. The number of hydrogen-bond donors (Lipinski definition) is 0. The molecule has 0 bridgehead atoms. The number of benzene rings is 1. The molecule has 0 unspecified atom stereocenters. The second kappa shape index (κ2) is 5.05. The van der Waals surface area contributed by atoms with Crippen LogP contribution in [0.3, 0.4) is 0 Å². The molecule has 0 amide bonds. The molecule has 0 aliphatic heterocycles. The molecule has 0 saturated heterocycles. The molecule has 0 aliphatic carbocycles. The Morgan fingerprint density at radius 1 is 0.600 bits per heavy atom. The molecule has 1 rings (SSSR count). The number of rotatable bonds is 2. The SMILES string of the molecule is FC(F)(F)C(Sc1ccccc1)(C(F)(F)F)C(F)(F)F. The van der Waals surface area contributed by atoms with Crippen LogP contribution in [-0.2, 0) is 0 Å². The Kier molecular flexibility index (Phi) is 4.29. The minimum absolute atomic E-state index is 0.739. The third-order valence-electron chi connectivity index (χ3n) is 2.21. The first-order chi connectivity index (χ1) is 8.83. The molecule has 0 atom stereocenters. The average Bonchev–Trinajstić information content (AvgIpc) is 2.22. The molecule has 0 radical (unpaired) electrons. The standard InChI is InChI=1S/C10H5F9S/c11-8(12,13)7(9(14,15)16,10(17,18)19)20-6-4-2-1-3-5-6/h1-5H. The van der Waals surface area contributed by atoms with Gasteiger partial charge in [0.25, 0.3) is 0 Å². The van der Waals surface area contributed by atoms with Gasteiger partial charge in [-0.3, -0.25) is 0 Å². The highest BCUT2D eigenvalue weighted by atomic mass is 32.2. The molecule has 114 valence electrons. The van der Waals surface area contributed by atoms with E-state index in [1.54, 1.807) is 0 Å². The van der Waals surface area contributed by atoms with Gasteiger partial charge in [0.2, 0.25) is 0 Å². The lowest BCUT2D eigenvalue weighted by Gasteiger charge is -2.37. The van der Waals surface area contributed by atoms with Gasteiger partial charge in [0.15, 0.2) is 0 Å². The number of thioether (sulfide) groups is 1. The van der Waals surface area contributed by atoms with E-state index in [1.165, 1.54) is 6.07 Å². The molecular formula is C10H5F9S. The highest BCUT2D eigenvalue weighted by Gasteiger charge is 2.84. The molecule has 10 heteroatoms. The lowest BCUT2D eigenvalue weighted by molar-refractivity contribution is -0.345. The minimum Gasteiger partial charge on any atom is -0.169 e. The van der Waals surface area contributed by atoms with E-state index in [4.69, 9.17) is 0 Å². The Hall–Kier alpha value is -1.06. The molecule has 0 nitrogen and oxygen atoms in total. The number of halogens is 9. The molecule has 1 aromatic rings. The van der Waals surface area contributed by atoms with Crippen molar-refractivity contribution in [2.24, 2.45) is 0 Å². The van der Waals surface area contributed by atoms with Crippen molar-refractivity contribution in [2.75, 3.05) is 0 Å². The van der Waals surface area contributed by atoms with Crippen LogP contribution in [0.15, 0.2) is 35.2 Å². The molecule has 20 heavy (non-hydrogen) atoms. The maximum Gasteiger partial charge on any atom is 0.421 e. The molecule has 0 fully saturated rings. The second-order valence-corrected chi connectivity index (χ2v) is 4.88. The van der Waals surface area contributed by atoms with Crippen LogP contribution in [0.4, 0.5) is 39.5 Å². The molecular weight excluding hydrogens is 323 g/mol. The van der Waals surface area contributed by atoms with Crippen LogP contribution < -0.4 is 0 Å². The third-order valence-corrected chi connectivity index (χ3v) is 3.72. The zero-order valence-electron chi connectivity index (χ0n) is 9.20. The van der Waals surface area contributed by atoms with Crippen molar-refractivity contribution in [3.63, 3.8) is 0 Å². The van der Waals surface area contributed by atoms with Crippen molar-refractivity contribution in [3.05, 3.63) is 30.3 Å². The van der Waals surface area contributed by atoms with Crippen LogP contribution >= 0.6 is 11.8 Å². The normalized spacial score (nSPS) is 14.4. The zero-order valence-corrected chi connectivity index (χ0v) is 10.0. The summed E-state index contributed by atoms with van der Waals surface area (Å²) in [6.07, 6.45) is -19.7. The first-order valence-corrected chi connectivity index (χ1v) is 5.59. The van der Waals surface area contributed by atoms with E-state index in [2.05, 4.69) is 0 Å². The lowest BCUT2D eigenvalue weighted by atomic mass is 10.1. The summed E-state index contributed by atoms with van der Waals surface area (Å²) in [5, 5.41) is 0. The molecule has 1 aromatic carbocycles. The topological polar surface area (TPSA) is 0 Å². The highest BCUT2D eigenvalue weighted by molar-refractivity contribution is 8.01. The molecule has 0 N–H and O–H groups in total. The monoisotopic (exact) mass is 328 g/mol. The summed E-state index contributed by atoms with van der Waals surface area (Å²) >= 11 is -1.32. The fourth-order valence-corrected chi connectivity index (χ4v) is 2.32. The summed E-state index contributed by atoms with van der Waals surface area (Å²) < 4.78 is 107. The zero-order chi connectivity index (χ0) is 15.8. The molecule has 0 saturated carbocycles. The Bertz CT molecular complexity index is 406. The summed E-state index contributed by atoms with van der Waals surface area (Å²) in [7, 11) is 0. The van der Waals surface area contributed by atoms with E-state index < -0.39 is 39.9 Å². The first kappa shape index (κ1) is 17.0. The summed E-state index contributed by atoms with van der Waals surface area (Å²) in [5.41, 5.74) is 0. The van der Waals surface area contributed by atoms with Crippen LogP contribution in [0.1, 0.15) is 0 Å². The van der Waals surface area contributed by atoms with Crippen LogP contribution in [-0.4, -0.2) is 23.3 Å². The molecule has 0 heterocycles. The molecule has 0 spiro atoms. The molecule has 0 aliphatic rings. The predicted octanol–water partition coefficient (Wildman–Crippen LogP) is 5.20. The van der Waals surface area contributed by atoms with Crippen molar-refractivity contribution in [2.45, 2.75) is 28.2 Å². The summed E-state index contributed by atoms with van der Waals surface area (Å²) in [5.74, 6) is 0. The van der Waals surface area contributed by atoms with Gasteiger partial charge in [-0.05, 0) is 12.1 Å². The van der Waals surface area contributed by atoms with Crippen LogP contribution in [0, 0.1) is 0 Å². The Morgan fingerprint density at radius 2 is 0.950 bits per heavy atom. The van der Waals surface area contributed by atoms with Crippen LogP contribution in [0.25, 0.3) is 0 Å². The van der Waals surface area contributed by atoms with Gasteiger partial charge in [0, 0.05) is 4.90 Å². The fraction of sp³-hybridized carbons (Fsp3) is 0.400. The number of alkyl halides is 9. The Morgan fingerprint density at radius 3 is 1.25 bits per heavy atom. The lowest BCUT2D eigenvalue weighted by Crippen LogP contribution is -2.63. The van der Waals surface area contributed by atoms with Crippen molar-refractivity contribution in [1.82, 2.24) is 0 Å². The van der Waals surface area contributed by atoms with Gasteiger partial charge in [0.05, 0.1) is 0 Å². The summed E-state index contributed by atoms with van der Waals surface area (Å²) in [4.78, 5) is -0.792. The summed E-state index contributed by atoms with van der Waals surface area (Å²) in [6, 6.07) is 4.80. The second-order valence-electron chi connectivity index (χ2n) is 3.59. The van der Waals surface area contributed by atoms with Gasteiger partial charge in [-0.15, -0.1) is 0 Å². The molecule has 0 aromatic heterocycles. The van der Waals surface area contributed by atoms with Crippen molar-refractivity contribution in [3.8, 4) is 0 Å². The van der Waals surface area contributed by atoms with Crippen molar-refractivity contribution >= 4 is 11.8 Å². The van der Waals surface area contributed by atoms with E-state index in [1.807, 2.05) is 0 Å². The van der Waals surface area contributed by atoms with Gasteiger partial charge >= 0.3 is 23.3 Å². The summed E-state index contributed by atoms with van der Waals surface area (Å²) in [6.45, 7) is 0. The van der Waals surface area contributed by atoms with Crippen LogP contribution in [0.5, 0.6) is 0 Å². The Balaban J connectivity index is 3.48. The van der Waals surface area contributed by atoms with E-state index in [0.29, 0.717) is 0 Å². The van der Waals surface area contributed by atoms with Gasteiger partial charge in [-0.25, -0.2) is 0 Å². The minimum atomic E-state index is -6.55. The maximum absolute atomic E-state index is 12.6. The van der Waals surface area contributed by atoms with E-state index in [9.17, 15) is 39.5 Å². The van der Waals surface area contributed by atoms with Crippen molar-refractivity contribution < 1.29 is 39.5 Å². The van der Waals surface area contributed by atoms with E-state index in [-0.39, 0.29) is 0 Å². The highest BCUT2D eigenvalue weighted by Crippen LogP contribution is 2.61. The average molecular weight is 328 g/mol. The van der Waals surface area contributed by atoms with Gasteiger partial charge < -0.3 is 0 Å². The first-order valence-electron chi connectivity index (χ1n) is 4.77. The Labute approximate surface area is 111 Å². The predicted molar refractivity (Wildman–Crippen MR) is 53.2 cm³/mol. The maximum atomic E-state index is 12.6. The number of hydrogen-bond acceptors (Lipinski definition) is 1. The van der Waals surface area contributed by atoms with Gasteiger partial charge in [0.1, 0.15) is 0 Å². The van der Waals surface area contributed by atoms with Crippen LogP contribution in [0.2, 0.25) is 0 Å². The van der Waals surface area contributed by atoms with Gasteiger partial charge in [-0.2, -0.15) is 39.5 Å². The smallest absolute Gasteiger partial charge is 0.169 e. The third kappa shape index (κ3) is 2.84. The fourth-order valence-electron chi connectivity index (χ4n) is 1.32. The van der Waals surface area contributed by atoms with Gasteiger partial charge in [-0.1, -0.05) is 30.0 Å². The largest absolute Gasteiger partial charge is 0.421 e. The van der Waals surface area contributed by atoms with Crippen molar-refractivity contribution in [1.29, 1.82) is 0 Å². The van der Waals surface area contributed by atoms with E-state index >= 15 is 0 Å². The van der Waals surface area contributed by atoms with E-state index in [0.717, 1.165) is 24.3 Å².